The molecule has 0 radical (unpaired) electrons. The van der Waals surface area contributed by atoms with Crippen molar-refractivity contribution in [1.29, 1.82) is 0 Å². The first-order valence-electron chi connectivity index (χ1n) is 6.37. The van der Waals surface area contributed by atoms with Crippen LogP contribution in [0, 0.1) is 5.92 Å². The minimum absolute atomic E-state index is 0.651. The second kappa shape index (κ2) is 6.86. The van der Waals surface area contributed by atoms with Gasteiger partial charge in [0.05, 0.1) is 7.11 Å². The van der Waals surface area contributed by atoms with Crippen LogP contribution in [0.3, 0.4) is 0 Å². The lowest BCUT2D eigenvalue weighted by Gasteiger charge is -2.16. The zero-order valence-corrected chi connectivity index (χ0v) is 11.5. The van der Waals surface area contributed by atoms with Gasteiger partial charge in [-0.15, -0.1) is 11.6 Å². The number of para-hydroxylation sites is 2. The fourth-order valence-corrected chi connectivity index (χ4v) is 2.52. The van der Waals surface area contributed by atoms with Crippen LogP contribution in [0.25, 0.3) is 0 Å². The van der Waals surface area contributed by atoms with Crippen molar-refractivity contribution in [2.24, 2.45) is 5.92 Å². The molecule has 3 nitrogen and oxygen atoms in total. The zero-order chi connectivity index (χ0) is 12.8. The molecule has 18 heavy (non-hydrogen) atoms. The Morgan fingerprint density at radius 3 is 2.78 bits per heavy atom. The van der Waals surface area contributed by atoms with E-state index in [1.165, 1.54) is 6.42 Å². The topological polar surface area (TPSA) is 21.7 Å². The second-order valence-electron chi connectivity index (χ2n) is 4.61. The van der Waals surface area contributed by atoms with Crippen molar-refractivity contribution in [3.8, 4) is 11.5 Å². The Morgan fingerprint density at radius 1 is 1.33 bits per heavy atom. The first kappa shape index (κ1) is 13.5. The highest BCUT2D eigenvalue weighted by atomic mass is 35.5. The number of nitrogens with zero attached hydrogens (tertiary/aromatic N) is 1. The largest absolute Gasteiger partial charge is 0.493 e. The summed E-state index contributed by atoms with van der Waals surface area (Å²) in [6.45, 7) is 3.87. The van der Waals surface area contributed by atoms with Gasteiger partial charge in [-0.1, -0.05) is 12.1 Å². The zero-order valence-electron chi connectivity index (χ0n) is 10.8. The summed E-state index contributed by atoms with van der Waals surface area (Å²) < 4.78 is 11.0. The fourth-order valence-electron chi connectivity index (χ4n) is 2.26. The van der Waals surface area contributed by atoms with Gasteiger partial charge in [-0.05, 0) is 31.0 Å². The lowest BCUT2D eigenvalue weighted by molar-refractivity contribution is 0.227. The third kappa shape index (κ3) is 3.53. The SMILES string of the molecule is COc1ccccc1OCCN1CCC(CCl)C1. The van der Waals surface area contributed by atoms with E-state index in [9.17, 15) is 0 Å². The van der Waals surface area contributed by atoms with Gasteiger partial charge in [0.1, 0.15) is 6.61 Å². The molecule has 100 valence electrons. The number of methoxy groups -OCH3 is 1. The summed E-state index contributed by atoms with van der Waals surface area (Å²) in [5, 5.41) is 0. The summed E-state index contributed by atoms with van der Waals surface area (Å²) in [6.07, 6.45) is 1.21. The predicted octanol–water partition coefficient (Wildman–Crippen LogP) is 2.63. The molecule has 0 saturated carbocycles. The number of benzene rings is 1. The minimum atomic E-state index is 0.651. The standard InChI is InChI=1S/C14H20ClNO2/c1-17-13-4-2-3-5-14(13)18-9-8-16-7-6-12(10-15)11-16/h2-5,12H,6-11H2,1H3. The van der Waals surface area contributed by atoms with Gasteiger partial charge in [-0.25, -0.2) is 0 Å². The van der Waals surface area contributed by atoms with Crippen molar-refractivity contribution in [2.45, 2.75) is 6.42 Å². The maximum atomic E-state index is 5.87. The molecular weight excluding hydrogens is 250 g/mol. The van der Waals surface area contributed by atoms with Crippen LogP contribution in [0.5, 0.6) is 11.5 Å². The number of hydrogen-bond donors (Lipinski definition) is 0. The Kier molecular flexibility index (Phi) is 5.14. The average Bonchev–Trinajstić information content (AvgIpc) is 2.87. The molecule has 1 aromatic rings. The number of hydrogen-bond acceptors (Lipinski definition) is 3. The quantitative estimate of drug-likeness (QED) is 0.741. The number of halogens is 1. The van der Waals surface area contributed by atoms with Gasteiger partial charge in [0.25, 0.3) is 0 Å². The lowest BCUT2D eigenvalue weighted by Crippen LogP contribution is -2.26. The average molecular weight is 270 g/mol. The van der Waals surface area contributed by atoms with Crippen LogP contribution < -0.4 is 9.47 Å². The van der Waals surface area contributed by atoms with E-state index in [1.807, 2.05) is 24.3 Å². The van der Waals surface area contributed by atoms with Crippen LogP contribution in [0.2, 0.25) is 0 Å². The molecular formula is C14H20ClNO2. The maximum absolute atomic E-state index is 5.87. The van der Waals surface area contributed by atoms with Gasteiger partial charge in [0.15, 0.2) is 11.5 Å². The molecule has 0 bridgehead atoms. The molecule has 0 amide bonds. The van der Waals surface area contributed by atoms with Crippen LogP contribution in [0.4, 0.5) is 0 Å². The Balaban J connectivity index is 1.75. The van der Waals surface area contributed by atoms with Gasteiger partial charge in [-0.2, -0.15) is 0 Å². The van der Waals surface area contributed by atoms with E-state index in [2.05, 4.69) is 4.90 Å². The number of ether oxygens (including phenoxy) is 2. The van der Waals surface area contributed by atoms with E-state index >= 15 is 0 Å². The first-order valence-corrected chi connectivity index (χ1v) is 6.91. The van der Waals surface area contributed by atoms with E-state index in [1.54, 1.807) is 7.11 Å². The van der Waals surface area contributed by atoms with E-state index in [0.29, 0.717) is 12.5 Å². The molecule has 1 saturated heterocycles. The van der Waals surface area contributed by atoms with Crippen molar-refractivity contribution in [3.05, 3.63) is 24.3 Å². The van der Waals surface area contributed by atoms with Gasteiger partial charge < -0.3 is 9.47 Å². The molecule has 1 atom stereocenters. The molecule has 1 fully saturated rings. The van der Waals surface area contributed by atoms with E-state index in [-0.39, 0.29) is 0 Å². The van der Waals surface area contributed by atoms with Gasteiger partial charge in [-0.3, -0.25) is 4.90 Å². The van der Waals surface area contributed by atoms with Crippen LogP contribution in [-0.2, 0) is 0 Å². The highest BCUT2D eigenvalue weighted by Crippen LogP contribution is 2.25. The molecule has 1 unspecified atom stereocenters. The van der Waals surface area contributed by atoms with Crippen molar-refractivity contribution in [1.82, 2.24) is 4.90 Å². The van der Waals surface area contributed by atoms with E-state index in [4.69, 9.17) is 21.1 Å². The van der Waals surface area contributed by atoms with Gasteiger partial charge in [0, 0.05) is 19.0 Å². The monoisotopic (exact) mass is 269 g/mol. The summed E-state index contributed by atoms with van der Waals surface area (Å²) in [7, 11) is 1.66. The number of rotatable bonds is 6. The van der Waals surface area contributed by atoms with Crippen LogP contribution >= 0.6 is 11.6 Å². The summed E-state index contributed by atoms with van der Waals surface area (Å²) in [5.41, 5.74) is 0. The third-order valence-electron chi connectivity index (χ3n) is 3.32. The lowest BCUT2D eigenvalue weighted by atomic mass is 10.2. The minimum Gasteiger partial charge on any atom is -0.493 e. The van der Waals surface area contributed by atoms with E-state index < -0.39 is 0 Å². The maximum Gasteiger partial charge on any atom is 0.161 e. The molecule has 1 aromatic carbocycles. The van der Waals surface area contributed by atoms with Crippen molar-refractivity contribution in [3.63, 3.8) is 0 Å². The molecule has 1 aliphatic heterocycles. The molecule has 0 aliphatic carbocycles. The Hall–Kier alpha value is -0.930. The Morgan fingerprint density at radius 2 is 2.11 bits per heavy atom. The molecule has 4 heteroatoms. The van der Waals surface area contributed by atoms with Gasteiger partial charge in [0.2, 0.25) is 0 Å². The summed E-state index contributed by atoms with van der Waals surface area (Å²) in [4.78, 5) is 2.41. The number of likely N-dealkylation sites (tertiary alicyclic amines) is 1. The van der Waals surface area contributed by atoms with Crippen molar-refractivity contribution < 1.29 is 9.47 Å². The number of alkyl halides is 1. The normalized spacial score (nSPS) is 20.0. The van der Waals surface area contributed by atoms with Crippen LogP contribution in [-0.4, -0.2) is 44.1 Å². The Bertz CT molecular complexity index is 373. The first-order chi connectivity index (χ1) is 8.83. The fraction of sp³-hybridized carbons (Fsp3) is 0.571. The molecule has 2 rings (SSSR count). The second-order valence-corrected chi connectivity index (χ2v) is 4.92. The van der Waals surface area contributed by atoms with Crippen LogP contribution in [0.15, 0.2) is 24.3 Å². The van der Waals surface area contributed by atoms with Crippen LogP contribution in [0.1, 0.15) is 6.42 Å². The molecule has 1 aliphatic rings. The Labute approximate surface area is 114 Å². The van der Waals surface area contributed by atoms with Crippen molar-refractivity contribution >= 4 is 11.6 Å². The smallest absolute Gasteiger partial charge is 0.161 e. The highest BCUT2D eigenvalue weighted by Gasteiger charge is 2.21. The summed E-state index contributed by atoms with van der Waals surface area (Å²) >= 11 is 5.87. The molecule has 0 N–H and O–H groups in total. The van der Waals surface area contributed by atoms with Crippen molar-refractivity contribution in [2.75, 3.05) is 39.2 Å². The summed E-state index contributed by atoms with van der Waals surface area (Å²) in [5.74, 6) is 3.02. The molecule has 1 heterocycles. The molecule has 0 aromatic heterocycles. The van der Waals surface area contributed by atoms with E-state index in [0.717, 1.165) is 37.0 Å². The van der Waals surface area contributed by atoms with Gasteiger partial charge >= 0.3 is 0 Å². The summed E-state index contributed by atoms with van der Waals surface area (Å²) in [6, 6.07) is 7.74. The molecule has 0 spiro atoms. The predicted molar refractivity (Wildman–Crippen MR) is 73.8 cm³/mol. The highest BCUT2D eigenvalue weighted by molar-refractivity contribution is 6.18. The third-order valence-corrected chi connectivity index (χ3v) is 3.76.